The fraction of sp³-hybridized carbons (Fsp3) is 0.692. The SMILES string of the molecule is CC1(C)OB(c2ccc(F)c([C@]3(C)CO[C@@](C)(C(F)(F)F)C(N(COCC[Si](C)(C)C)C(=O)O)=N3)c2)OC1(C)C. The summed E-state index contributed by atoms with van der Waals surface area (Å²) in [7, 11) is -2.41. The molecule has 1 saturated heterocycles. The van der Waals surface area contributed by atoms with Crippen LogP contribution >= 0.6 is 0 Å². The molecule has 0 aliphatic carbocycles. The summed E-state index contributed by atoms with van der Waals surface area (Å²) in [6, 6.07) is 4.71. The van der Waals surface area contributed by atoms with Crippen molar-refractivity contribution in [3.05, 3.63) is 29.6 Å². The van der Waals surface area contributed by atoms with Crippen molar-refractivity contribution in [2.75, 3.05) is 19.9 Å². The van der Waals surface area contributed by atoms with Gasteiger partial charge in [0.1, 0.15) is 18.1 Å². The van der Waals surface area contributed by atoms with Crippen molar-refractivity contribution in [3.8, 4) is 0 Å². The average molecular weight is 590 g/mol. The number of rotatable bonds is 7. The maximum atomic E-state index is 15.3. The fourth-order valence-electron chi connectivity index (χ4n) is 4.21. The van der Waals surface area contributed by atoms with E-state index >= 15 is 4.39 Å². The number of ether oxygens (including phenoxy) is 2. The zero-order chi connectivity index (χ0) is 30.5. The highest BCUT2D eigenvalue weighted by Crippen LogP contribution is 2.43. The van der Waals surface area contributed by atoms with Crippen LogP contribution in [0.15, 0.2) is 23.2 Å². The predicted molar refractivity (Wildman–Crippen MR) is 146 cm³/mol. The minimum atomic E-state index is -5.03. The number of hydrogen-bond acceptors (Lipinski definition) is 6. The molecule has 0 radical (unpaired) electrons. The van der Waals surface area contributed by atoms with Crippen molar-refractivity contribution in [2.45, 2.75) is 95.7 Å². The van der Waals surface area contributed by atoms with E-state index in [1.807, 2.05) is 27.7 Å². The van der Waals surface area contributed by atoms with Crippen molar-refractivity contribution in [1.29, 1.82) is 0 Å². The number of alkyl halides is 3. The molecule has 2 atom stereocenters. The van der Waals surface area contributed by atoms with Gasteiger partial charge in [0.2, 0.25) is 5.60 Å². The highest BCUT2D eigenvalue weighted by Gasteiger charge is 2.62. The Morgan fingerprint density at radius 2 is 1.70 bits per heavy atom. The highest BCUT2D eigenvalue weighted by atomic mass is 28.3. The first-order chi connectivity index (χ1) is 18.0. The van der Waals surface area contributed by atoms with Crippen LogP contribution in [0.4, 0.5) is 22.4 Å². The molecule has 224 valence electrons. The summed E-state index contributed by atoms with van der Waals surface area (Å²) in [6.45, 7) is 14.6. The third-order valence-corrected chi connectivity index (χ3v) is 9.47. The largest absolute Gasteiger partial charge is 0.494 e. The molecule has 3 rings (SSSR count). The molecule has 2 aliphatic rings. The molecule has 8 nitrogen and oxygen atoms in total. The Labute approximate surface area is 234 Å². The highest BCUT2D eigenvalue weighted by molar-refractivity contribution is 6.76. The number of aliphatic imine (C=N–C) groups is 1. The van der Waals surface area contributed by atoms with Gasteiger partial charge in [0.05, 0.1) is 17.8 Å². The molecule has 14 heteroatoms. The monoisotopic (exact) mass is 590 g/mol. The molecule has 2 heterocycles. The minimum absolute atomic E-state index is 0.0913. The fourth-order valence-corrected chi connectivity index (χ4v) is 4.97. The van der Waals surface area contributed by atoms with Crippen LogP contribution in [0.25, 0.3) is 0 Å². The van der Waals surface area contributed by atoms with E-state index in [2.05, 4.69) is 24.6 Å². The molecule has 0 saturated carbocycles. The summed E-state index contributed by atoms with van der Waals surface area (Å²) in [4.78, 5) is 16.9. The number of amides is 1. The summed E-state index contributed by atoms with van der Waals surface area (Å²) in [6.07, 6.45) is -6.73. The molecule has 40 heavy (non-hydrogen) atoms. The third-order valence-electron chi connectivity index (χ3n) is 7.76. The lowest BCUT2D eigenvalue weighted by Crippen LogP contribution is -2.63. The van der Waals surface area contributed by atoms with Gasteiger partial charge >= 0.3 is 19.4 Å². The summed E-state index contributed by atoms with van der Waals surface area (Å²) in [5.41, 5.74) is -5.81. The van der Waals surface area contributed by atoms with Crippen LogP contribution in [0, 0.1) is 5.82 Å². The first-order valence-electron chi connectivity index (χ1n) is 13.1. The normalized spacial score (nSPS) is 26.5. The summed E-state index contributed by atoms with van der Waals surface area (Å²) >= 11 is 0. The van der Waals surface area contributed by atoms with E-state index in [0.29, 0.717) is 23.3 Å². The van der Waals surface area contributed by atoms with E-state index in [0.717, 1.165) is 6.07 Å². The Morgan fingerprint density at radius 1 is 1.12 bits per heavy atom. The Morgan fingerprint density at radius 3 is 2.20 bits per heavy atom. The van der Waals surface area contributed by atoms with E-state index in [9.17, 15) is 23.1 Å². The predicted octanol–water partition coefficient (Wildman–Crippen LogP) is 5.38. The van der Waals surface area contributed by atoms with Gasteiger partial charge in [0.15, 0.2) is 5.84 Å². The van der Waals surface area contributed by atoms with Crippen LogP contribution in [0.5, 0.6) is 0 Å². The van der Waals surface area contributed by atoms with Crippen molar-refractivity contribution in [1.82, 2.24) is 4.90 Å². The molecule has 1 fully saturated rings. The van der Waals surface area contributed by atoms with E-state index in [1.165, 1.54) is 19.1 Å². The number of nitrogens with zero attached hydrogens (tertiary/aromatic N) is 2. The van der Waals surface area contributed by atoms with Crippen LogP contribution in [0.1, 0.15) is 47.1 Å². The van der Waals surface area contributed by atoms with Gasteiger partial charge in [-0.05, 0) is 59.1 Å². The lowest BCUT2D eigenvalue weighted by Gasteiger charge is -2.44. The van der Waals surface area contributed by atoms with E-state index in [4.69, 9.17) is 18.8 Å². The smallest absolute Gasteiger partial charge is 0.465 e. The second kappa shape index (κ2) is 10.7. The number of amidine groups is 1. The molecular formula is C26H39BF4N2O6Si. The van der Waals surface area contributed by atoms with Crippen LogP contribution in [-0.4, -0.2) is 80.1 Å². The van der Waals surface area contributed by atoms with Crippen LogP contribution < -0.4 is 5.46 Å². The van der Waals surface area contributed by atoms with Gasteiger partial charge in [-0.25, -0.2) is 14.1 Å². The van der Waals surface area contributed by atoms with E-state index < -0.39 is 74.8 Å². The molecule has 1 aromatic carbocycles. The summed E-state index contributed by atoms with van der Waals surface area (Å²) in [5.74, 6) is -1.69. The Kier molecular flexibility index (Phi) is 8.68. The second-order valence-electron chi connectivity index (χ2n) is 12.9. The summed E-state index contributed by atoms with van der Waals surface area (Å²) < 4.78 is 81.2. The Balaban J connectivity index is 2.06. The standard InChI is InChI=1S/C26H39BF4N2O6Si/c1-22(2)23(3,4)39-27(38-22)17-10-11-19(28)18(14-17)24(5)15-37-25(6,26(29,30)31)20(32-24)33(21(34)35)16-36-12-13-40(7,8)9/h10-11,14H,12-13,15-16H2,1-9H3,(H,34,35)/t24-,25+/m0/s1. The lowest BCUT2D eigenvalue weighted by molar-refractivity contribution is -0.252. The van der Waals surface area contributed by atoms with Gasteiger partial charge in [-0.1, -0.05) is 31.8 Å². The maximum Gasteiger partial charge on any atom is 0.494 e. The Hall–Kier alpha value is -2.00. The molecule has 0 unspecified atom stereocenters. The molecule has 0 bridgehead atoms. The Bertz CT molecular complexity index is 1140. The first kappa shape index (κ1) is 32.5. The van der Waals surface area contributed by atoms with Crippen LogP contribution in [0.2, 0.25) is 25.7 Å². The van der Waals surface area contributed by atoms with Gasteiger partial charge in [0.25, 0.3) is 0 Å². The van der Waals surface area contributed by atoms with Crippen molar-refractivity contribution in [2.24, 2.45) is 4.99 Å². The zero-order valence-electron chi connectivity index (χ0n) is 24.5. The number of hydrogen-bond donors (Lipinski definition) is 1. The average Bonchev–Trinajstić information content (AvgIpc) is 3.01. The van der Waals surface area contributed by atoms with Crippen molar-refractivity contribution < 1.29 is 46.2 Å². The second-order valence-corrected chi connectivity index (χ2v) is 18.5. The zero-order valence-corrected chi connectivity index (χ0v) is 25.5. The topological polar surface area (TPSA) is 89.8 Å². The number of benzene rings is 1. The first-order valence-corrected chi connectivity index (χ1v) is 16.8. The van der Waals surface area contributed by atoms with Gasteiger partial charge in [-0.15, -0.1) is 0 Å². The van der Waals surface area contributed by atoms with E-state index in [1.54, 1.807) is 0 Å². The van der Waals surface area contributed by atoms with Crippen molar-refractivity contribution >= 4 is 32.6 Å². The molecule has 0 aromatic heterocycles. The number of carboxylic acid groups (broad SMARTS) is 1. The van der Waals surface area contributed by atoms with Gasteiger partial charge < -0.3 is 23.9 Å². The molecule has 0 spiro atoms. The summed E-state index contributed by atoms with van der Waals surface area (Å²) in [5, 5.41) is 9.91. The number of carbonyl (C=O) groups is 1. The molecule has 1 N–H and O–H groups in total. The quantitative estimate of drug-likeness (QED) is 0.199. The van der Waals surface area contributed by atoms with E-state index in [-0.39, 0.29) is 12.2 Å². The van der Waals surface area contributed by atoms with Crippen LogP contribution in [0.3, 0.4) is 0 Å². The minimum Gasteiger partial charge on any atom is -0.465 e. The number of halogens is 4. The maximum absolute atomic E-state index is 15.3. The van der Waals surface area contributed by atoms with Crippen LogP contribution in [-0.2, 0) is 24.3 Å². The lowest BCUT2D eigenvalue weighted by atomic mass is 9.76. The molecule has 1 amide bonds. The third kappa shape index (κ3) is 6.40. The van der Waals surface area contributed by atoms with Gasteiger partial charge in [-0.3, -0.25) is 4.99 Å². The molecular weight excluding hydrogens is 551 g/mol. The van der Waals surface area contributed by atoms with Crippen molar-refractivity contribution in [3.63, 3.8) is 0 Å². The molecule has 2 aliphatic heterocycles. The molecule has 1 aromatic rings. The van der Waals surface area contributed by atoms with Gasteiger partial charge in [-0.2, -0.15) is 13.2 Å². The van der Waals surface area contributed by atoms with Gasteiger partial charge in [0, 0.05) is 20.2 Å².